The van der Waals surface area contributed by atoms with Crippen molar-refractivity contribution in [1.82, 2.24) is 9.55 Å². The zero-order chi connectivity index (χ0) is 31.9. The second kappa shape index (κ2) is 14.3. The number of rotatable bonds is 10. The van der Waals surface area contributed by atoms with Crippen molar-refractivity contribution < 1.29 is 23.8 Å². The summed E-state index contributed by atoms with van der Waals surface area (Å²) in [6.07, 6.45) is 2.03. The number of aryl methyl sites for hydroxylation is 1. The average Bonchev–Trinajstić information content (AvgIpc) is 3.44. The molecule has 8 nitrogen and oxygen atoms in total. The quantitative estimate of drug-likeness (QED) is 0.152. The lowest BCUT2D eigenvalue weighted by Gasteiger charge is -2.12. The van der Waals surface area contributed by atoms with E-state index in [1.54, 1.807) is 25.1 Å². The minimum absolute atomic E-state index is 0.145. The van der Waals surface area contributed by atoms with Crippen molar-refractivity contribution in [3.63, 3.8) is 0 Å². The Morgan fingerprint density at radius 3 is 2.20 bits per heavy atom. The molecular formula is C35H31Cl2N3O5. The number of nitrogens with one attached hydrogen (secondary N) is 1. The lowest BCUT2D eigenvalue weighted by molar-refractivity contribution is 0.0601. The first-order chi connectivity index (χ1) is 21.8. The van der Waals surface area contributed by atoms with Crippen LogP contribution in [-0.4, -0.2) is 35.3 Å². The van der Waals surface area contributed by atoms with Gasteiger partial charge in [-0.2, -0.15) is 0 Å². The fourth-order valence-electron chi connectivity index (χ4n) is 4.80. The van der Waals surface area contributed by atoms with Gasteiger partial charge in [0.2, 0.25) is 0 Å². The van der Waals surface area contributed by atoms with Crippen molar-refractivity contribution in [3.8, 4) is 33.9 Å². The van der Waals surface area contributed by atoms with Crippen LogP contribution in [0.5, 0.6) is 11.5 Å². The third-order valence-corrected chi connectivity index (χ3v) is 7.60. The standard InChI is InChI=1S/C35H31Cl2N3O5/c1-4-40-21-32(28-16-12-25(36)19-30(28)37)38-33(40)18-22-6-8-23(9-7-22)24-10-13-26(14-11-24)45-27-15-17-31(39-35(42)44-5-2)29(20-27)34(41)43-3/h6-17,19-21H,4-5,18H2,1-3H3,(H,39,42). The first kappa shape index (κ1) is 31.6. The van der Waals surface area contributed by atoms with Crippen molar-refractivity contribution in [3.05, 3.63) is 118 Å². The zero-order valence-corrected chi connectivity index (χ0v) is 26.5. The van der Waals surface area contributed by atoms with Crippen LogP contribution in [0.4, 0.5) is 10.5 Å². The number of amides is 1. The van der Waals surface area contributed by atoms with Crippen LogP contribution in [0.1, 0.15) is 35.6 Å². The van der Waals surface area contributed by atoms with Gasteiger partial charge < -0.3 is 18.8 Å². The Hall–Kier alpha value is -4.79. The molecule has 4 aromatic carbocycles. The fourth-order valence-corrected chi connectivity index (χ4v) is 5.30. The normalized spacial score (nSPS) is 10.8. The number of hydrogen-bond acceptors (Lipinski definition) is 6. The topological polar surface area (TPSA) is 91.7 Å². The Labute approximate surface area is 271 Å². The number of anilines is 1. The number of ether oxygens (including phenoxy) is 3. The van der Waals surface area contributed by atoms with Crippen LogP contribution in [0.25, 0.3) is 22.4 Å². The molecule has 0 saturated heterocycles. The van der Waals surface area contributed by atoms with Crippen LogP contribution in [-0.2, 0) is 22.4 Å². The van der Waals surface area contributed by atoms with E-state index >= 15 is 0 Å². The monoisotopic (exact) mass is 643 g/mol. The van der Waals surface area contributed by atoms with Gasteiger partial charge in [0.15, 0.2) is 0 Å². The van der Waals surface area contributed by atoms with E-state index in [1.165, 1.54) is 13.2 Å². The number of esters is 1. The summed E-state index contributed by atoms with van der Waals surface area (Å²) >= 11 is 12.5. The van der Waals surface area contributed by atoms with Crippen LogP contribution in [0, 0.1) is 0 Å². The molecule has 1 heterocycles. The fraction of sp³-hybridized carbons (Fsp3) is 0.171. The molecule has 0 aliphatic heterocycles. The van der Waals surface area contributed by atoms with Gasteiger partial charge in [-0.1, -0.05) is 59.6 Å². The summed E-state index contributed by atoms with van der Waals surface area (Å²) in [5, 5.41) is 3.71. The van der Waals surface area contributed by atoms with Crippen LogP contribution in [0.3, 0.4) is 0 Å². The van der Waals surface area contributed by atoms with Crippen LogP contribution < -0.4 is 10.1 Å². The average molecular weight is 645 g/mol. The van der Waals surface area contributed by atoms with Crippen molar-refractivity contribution in [2.24, 2.45) is 0 Å². The summed E-state index contributed by atoms with van der Waals surface area (Å²) in [5.41, 5.74) is 5.29. The second-order valence-electron chi connectivity index (χ2n) is 10.00. The number of halogens is 2. The Bertz CT molecular complexity index is 1820. The summed E-state index contributed by atoms with van der Waals surface area (Å²) in [6, 6.07) is 26.2. The number of carbonyl (C=O) groups is 2. The van der Waals surface area contributed by atoms with Gasteiger partial charge in [0.25, 0.3) is 0 Å². The van der Waals surface area contributed by atoms with Crippen molar-refractivity contribution >= 4 is 41.0 Å². The summed E-state index contributed by atoms with van der Waals surface area (Å²) in [4.78, 5) is 29.1. The van der Waals surface area contributed by atoms with E-state index in [9.17, 15) is 9.59 Å². The predicted octanol–water partition coefficient (Wildman–Crippen LogP) is 9.28. The number of carbonyl (C=O) groups excluding carboxylic acids is 2. The van der Waals surface area contributed by atoms with Gasteiger partial charge >= 0.3 is 12.1 Å². The minimum Gasteiger partial charge on any atom is -0.465 e. The maximum Gasteiger partial charge on any atom is 0.411 e. The lowest BCUT2D eigenvalue weighted by Crippen LogP contribution is -2.16. The second-order valence-corrected chi connectivity index (χ2v) is 10.8. The van der Waals surface area contributed by atoms with Crippen LogP contribution in [0.15, 0.2) is 91.1 Å². The highest BCUT2D eigenvalue weighted by atomic mass is 35.5. The number of benzene rings is 4. The van der Waals surface area contributed by atoms with Crippen LogP contribution >= 0.6 is 23.2 Å². The molecule has 45 heavy (non-hydrogen) atoms. The molecule has 0 aliphatic carbocycles. The number of aromatic nitrogens is 2. The van der Waals surface area contributed by atoms with Crippen LogP contribution in [0.2, 0.25) is 10.0 Å². The largest absolute Gasteiger partial charge is 0.465 e. The molecular weight excluding hydrogens is 613 g/mol. The van der Waals surface area contributed by atoms with E-state index in [4.69, 9.17) is 42.4 Å². The highest BCUT2D eigenvalue weighted by Crippen LogP contribution is 2.32. The van der Waals surface area contributed by atoms with E-state index in [-0.39, 0.29) is 17.9 Å². The molecule has 0 aliphatic rings. The Kier molecular flexibility index (Phi) is 10.1. The Balaban J connectivity index is 1.27. The molecule has 0 unspecified atom stereocenters. The highest BCUT2D eigenvalue weighted by molar-refractivity contribution is 6.36. The zero-order valence-electron chi connectivity index (χ0n) is 25.0. The molecule has 0 bridgehead atoms. The first-order valence-corrected chi connectivity index (χ1v) is 15.1. The Morgan fingerprint density at radius 1 is 0.867 bits per heavy atom. The van der Waals surface area contributed by atoms with E-state index in [2.05, 4.69) is 41.1 Å². The molecule has 0 saturated carbocycles. The molecule has 230 valence electrons. The maximum absolute atomic E-state index is 12.3. The van der Waals surface area contributed by atoms with Gasteiger partial charge in [0.1, 0.15) is 17.3 Å². The van der Waals surface area contributed by atoms with E-state index in [1.807, 2.05) is 42.6 Å². The predicted molar refractivity (Wildman–Crippen MR) is 177 cm³/mol. The number of imidazole rings is 1. The number of methoxy groups -OCH3 is 1. The van der Waals surface area contributed by atoms with E-state index < -0.39 is 12.1 Å². The van der Waals surface area contributed by atoms with Gasteiger partial charge in [-0.15, -0.1) is 0 Å². The molecule has 1 N–H and O–H groups in total. The molecule has 1 amide bonds. The van der Waals surface area contributed by atoms with Gasteiger partial charge in [-0.25, -0.2) is 14.6 Å². The van der Waals surface area contributed by atoms with Crippen molar-refractivity contribution in [2.75, 3.05) is 19.0 Å². The molecule has 5 rings (SSSR count). The summed E-state index contributed by atoms with van der Waals surface area (Å²) in [5.74, 6) is 1.33. The van der Waals surface area contributed by atoms with Crippen molar-refractivity contribution in [1.29, 1.82) is 0 Å². The van der Waals surface area contributed by atoms with E-state index in [0.29, 0.717) is 28.0 Å². The summed E-state index contributed by atoms with van der Waals surface area (Å²) in [6.45, 7) is 4.78. The molecule has 10 heteroatoms. The summed E-state index contributed by atoms with van der Waals surface area (Å²) < 4.78 is 17.9. The van der Waals surface area contributed by atoms with E-state index in [0.717, 1.165) is 40.3 Å². The lowest BCUT2D eigenvalue weighted by atomic mass is 10.0. The first-order valence-electron chi connectivity index (χ1n) is 14.3. The van der Waals surface area contributed by atoms with Gasteiger partial charge in [-0.05, 0) is 79.1 Å². The molecule has 0 radical (unpaired) electrons. The molecule has 0 fully saturated rings. The maximum atomic E-state index is 12.3. The Morgan fingerprint density at radius 2 is 1.56 bits per heavy atom. The smallest absolute Gasteiger partial charge is 0.411 e. The molecule has 1 aromatic heterocycles. The van der Waals surface area contributed by atoms with Gasteiger partial charge in [-0.3, -0.25) is 5.32 Å². The SMILES string of the molecule is CCOC(=O)Nc1ccc(Oc2ccc(-c3ccc(Cc4nc(-c5ccc(Cl)cc5Cl)cn4CC)cc3)cc2)cc1C(=O)OC. The minimum atomic E-state index is -0.666. The number of hydrogen-bond donors (Lipinski definition) is 1. The highest BCUT2D eigenvalue weighted by Gasteiger charge is 2.17. The molecule has 0 spiro atoms. The molecule has 0 atom stereocenters. The third kappa shape index (κ3) is 7.66. The molecule has 5 aromatic rings. The number of nitrogens with zero attached hydrogens (tertiary/aromatic N) is 2. The van der Waals surface area contributed by atoms with Gasteiger partial charge in [0.05, 0.1) is 35.7 Å². The summed E-state index contributed by atoms with van der Waals surface area (Å²) in [7, 11) is 1.27. The van der Waals surface area contributed by atoms with Crippen molar-refractivity contribution in [2.45, 2.75) is 26.8 Å². The third-order valence-electron chi connectivity index (χ3n) is 7.05. The van der Waals surface area contributed by atoms with Gasteiger partial charge in [0, 0.05) is 29.7 Å².